The van der Waals surface area contributed by atoms with E-state index in [1.165, 1.54) is 0 Å². The van der Waals surface area contributed by atoms with E-state index >= 15 is 0 Å². The average molecular weight is 373 g/mol. The number of rotatable bonds is 5. The Morgan fingerprint density at radius 1 is 1.23 bits per heavy atom. The number of aliphatic carboxylic acids is 1. The molecular weight excluding hydrogens is 356 g/mol. The van der Waals surface area contributed by atoms with E-state index in [9.17, 15) is 14.7 Å². The van der Waals surface area contributed by atoms with Gasteiger partial charge < -0.3 is 14.3 Å². The van der Waals surface area contributed by atoms with Crippen molar-refractivity contribution in [3.8, 4) is 17.1 Å². The minimum absolute atomic E-state index is 0.113. The number of benzene rings is 2. The van der Waals surface area contributed by atoms with Gasteiger partial charge in [-0.3, -0.25) is 4.79 Å². The van der Waals surface area contributed by atoms with Gasteiger partial charge in [0.15, 0.2) is 11.9 Å². The highest BCUT2D eigenvalue weighted by Crippen LogP contribution is 2.32. The summed E-state index contributed by atoms with van der Waals surface area (Å²) in [6.45, 7) is 3.57. The molecule has 6 heteroatoms. The van der Waals surface area contributed by atoms with E-state index in [4.69, 9.17) is 20.8 Å². The summed E-state index contributed by atoms with van der Waals surface area (Å²) in [6.07, 6.45) is -0.937. The molecule has 0 bridgehead atoms. The Kier molecular flexibility index (Phi) is 5.00. The quantitative estimate of drug-likeness (QED) is 0.704. The lowest BCUT2D eigenvalue weighted by atomic mass is 10.1. The van der Waals surface area contributed by atoms with Gasteiger partial charge in [0.1, 0.15) is 5.58 Å². The first-order chi connectivity index (χ1) is 12.4. The summed E-state index contributed by atoms with van der Waals surface area (Å²) in [5.41, 5.74) is 1.52. The third-order valence-corrected chi connectivity index (χ3v) is 4.27. The fourth-order valence-corrected chi connectivity index (χ4v) is 2.76. The van der Waals surface area contributed by atoms with Crippen molar-refractivity contribution in [3.63, 3.8) is 0 Å². The molecule has 2 aromatic carbocycles. The molecule has 0 saturated heterocycles. The van der Waals surface area contributed by atoms with E-state index in [-0.39, 0.29) is 17.9 Å². The molecule has 134 valence electrons. The topological polar surface area (TPSA) is 76.7 Å². The second kappa shape index (κ2) is 7.22. The van der Waals surface area contributed by atoms with Crippen molar-refractivity contribution in [1.82, 2.24) is 0 Å². The number of halogens is 1. The molecular formula is C20H17ClO5. The molecule has 1 N–H and O–H groups in total. The summed E-state index contributed by atoms with van der Waals surface area (Å²) in [5, 5.41) is 10.2. The normalized spacial score (nSPS) is 12.1. The number of carbonyl (C=O) groups is 1. The van der Waals surface area contributed by atoms with Crippen LogP contribution in [0, 0.1) is 6.92 Å². The molecule has 5 nitrogen and oxygen atoms in total. The van der Waals surface area contributed by atoms with Crippen LogP contribution in [0.15, 0.2) is 51.7 Å². The maximum absolute atomic E-state index is 13.0. The fraction of sp³-hybridized carbons (Fsp3) is 0.200. The van der Waals surface area contributed by atoms with E-state index in [0.717, 1.165) is 5.56 Å². The van der Waals surface area contributed by atoms with Crippen LogP contribution in [0.25, 0.3) is 22.3 Å². The summed E-state index contributed by atoms with van der Waals surface area (Å²) in [6, 6.07) is 11.9. The molecule has 1 atom stereocenters. The largest absolute Gasteiger partial charge is 0.479 e. The van der Waals surface area contributed by atoms with E-state index < -0.39 is 17.5 Å². The molecule has 26 heavy (non-hydrogen) atoms. The highest BCUT2D eigenvalue weighted by atomic mass is 35.5. The molecule has 3 aromatic rings. The molecule has 3 rings (SSSR count). The van der Waals surface area contributed by atoms with Crippen LogP contribution in [0.5, 0.6) is 5.75 Å². The SMILES string of the molecule is CC[C@H](Oc1c(-c2ccc(Cl)cc2)oc2cc(C)ccc2c1=O)C(=O)O. The molecule has 0 amide bonds. The third-order valence-electron chi connectivity index (χ3n) is 4.02. The van der Waals surface area contributed by atoms with Gasteiger partial charge in [-0.25, -0.2) is 4.79 Å². The zero-order valence-electron chi connectivity index (χ0n) is 14.3. The first-order valence-electron chi connectivity index (χ1n) is 8.13. The van der Waals surface area contributed by atoms with Crippen molar-refractivity contribution in [2.75, 3.05) is 0 Å². The van der Waals surface area contributed by atoms with Crippen molar-refractivity contribution < 1.29 is 19.1 Å². The molecule has 0 aliphatic rings. The highest BCUT2D eigenvalue weighted by Gasteiger charge is 2.24. The van der Waals surface area contributed by atoms with Crippen LogP contribution in [0.4, 0.5) is 0 Å². The number of ether oxygens (including phenoxy) is 1. The van der Waals surface area contributed by atoms with Gasteiger partial charge in [0, 0.05) is 10.6 Å². The van der Waals surface area contributed by atoms with Crippen LogP contribution in [-0.2, 0) is 4.79 Å². The van der Waals surface area contributed by atoms with Crippen molar-refractivity contribution in [2.24, 2.45) is 0 Å². The molecule has 1 aromatic heterocycles. The number of hydrogen-bond donors (Lipinski definition) is 1. The first-order valence-corrected chi connectivity index (χ1v) is 8.51. The minimum atomic E-state index is -1.15. The summed E-state index contributed by atoms with van der Waals surface area (Å²) < 4.78 is 11.5. The van der Waals surface area contributed by atoms with Gasteiger partial charge in [-0.15, -0.1) is 0 Å². The van der Waals surface area contributed by atoms with Gasteiger partial charge in [-0.05, 0) is 55.3 Å². The van der Waals surface area contributed by atoms with Gasteiger partial charge in [-0.1, -0.05) is 24.6 Å². The number of fused-ring (bicyclic) bond motifs is 1. The molecule has 1 heterocycles. The van der Waals surface area contributed by atoms with Crippen LogP contribution < -0.4 is 10.2 Å². The summed E-state index contributed by atoms with van der Waals surface area (Å²) in [7, 11) is 0. The Morgan fingerprint density at radius 2 is 1.92 bits per heavy atom. The van der Waals surface area contributed by atoms with Gasteiger partial charge in [-0.2, -0.15) is 0 Å². The molecule has 0 saturated carbocycles. The van der Waals surface area contributed by atoms with Crippen molar-refractivity contribution >= 4 is 28.5 Å². The first kappa shape index (κ1) is 18.0. The van der Waals surface area contributed by atoms with E-state index in [0.29, 0.717) is 21.6 Å². The lowest BCUT2D eigenvalue weighted by molar-refractivity contribution is -0.145. The summed E-state index contributed by atoms with van der Waals surface area (Å²) in [4.78, 5) is 24.3. The second-order valence-corrected chi connectivity index (χ2v) is 6.39. The number of hydrogen-bond acceptors (Lipinski definition) is 4. The lowest BCUT2D eigenvalue weighted by Crippen LogP contribution is -2.28. The Morgan fingerprint density at radius 3 is 2.54 bits per heavy atom. The van der Waals surface area contributed by atoms with Crippen LogP contribution >= 0.6 is 11.6 Å². The maximum Gasteiger partial charge on any atom is 0.344 e. The lowest BCUT2D eigenvalue weighted by Gasteiger charge is -2.16. The molecule has 0 spiro atoms. The molecule has 0 aliphatic heterocycles. The Hall–Kier alpha value is -2.79. The van der Waals surface area contributed by atoms with Crippen molar-refractivity contribution in [1.29, 1.82) is 0 Å². The zero-order valence-corrected chi connectivity index (χ0v) is 15.0. The molecule has 0 aliphatic carbocycles. The van der Waals surface area contributed by atoms with Gasteiger partial charge in [0.25, 0.3) is 0 Å². The average Bonchev–Trinajstić information content (AvgIpc) is 2.61. The Bertz CT molecular complexity index is 1020. The predicted octanol–water partition coefficient (Wildman–Crippen LogP) is 4.66. The van der Waals surface area contributed by atoms with Gasteiger partial charge >= 0.3 is 5.97 Å². The van der Waals surface area contributed by atoms with Gasteiger partial charge in [0.05, 0.1) is 5.39 Å². The molecule has 0 unspecified atom stereocenters. The van der Waals surface area contributed by atoms with E-state index in [1.807, 2.05) is 6.92 Å². The van der Waals surface area contributed by atoms with Crippen molar-refractivity contribution in [3.05, 3.63) is 63.3 Å². The number of aryl methyl sites for hydroxylation is 1. The summed E-state index contributed by atoms with van der Waals surface area (Å²) >= 11 is 5.93. The fourth-order valence-electron chi connectivity index (χ4n) is 2.63. The number of carboxylic acid groups (broad SMARTS) is 1. The van der Waals surface area contributed by atoms with Crippen LogP contribution in [0.3, 0.4) is 0 Å². The van der Waals surface area contributed by atoms with Crippen LogP contribution in [0.2, 0.25) is 5.02 Å². The summed E-state index contributed by atoms with van der Waals surface area (Å²) in [5.74, 6) is -1.07. The van der Waals surface area contributed by atoms with E-state index in [2.05, 4.69) is 0 Å². The smallest absolute Gasteiger partial charge is 0.344 e. The number of carboxylic acids is 1. The standard InChI is InChI=1S/C20H17ClO5/c1-3-15(20(23)24)25-19-17(22)14-9-4-11(2)10-16(14)26-18(19)12-5-7-13(21)8-6-12/h4-10,15H,3H2,1-2H3,(H,23,24)/t15-/m0/s1. The Balaban J connectivity index is 2.28. The second-order valence-electron chi connectivity index (χ2n) is 5.95. The molecule has 0 radical (unpaired) electrons. The molecule has 0 fully saturated rings. The third kappa shape index (κ3) is 3.44. The highest BCUT2D eigenvalue weighted by molar-refractivity contribution is 6.30. The minimum Gasteiger partial charge on any atom is -0.479 e. The zero-order chi connectivity index (χ0) is 18.8. The Labute approximate surface area is 154 Å². The predicted molar refractivity (Wildman–Crippen MR) is 100 cm³/mol. The maximum atomic E-state index is 13.0. The van der Waals surface area contributed by atoms with Crippen LogP contribution in [-0.4, -0.2) is 17.2 Å². The van der Waals surface area contributed by atoms with E-state index in [1.54, 1.807) is 49.4 Å². The van der Waals surface area contributed by atoms with Gasteiger partial charge in [0.2, 0.25) is 11.2 Å². The monoisotopic (exact) mass is 372 g/mol. The van der Waals surface area contributed by atoms with Crippen LogP contribution in [0.1, 0.15) is 18.9 Å². The van der Waals surface area contributed by atoms with Crippen molar-refractivity contribution in [2.45, 2.75) is 26.4 Å².